The van der Waals surface area contributed by atoms with Crippen LogP contribution in [-0.4, -0.2) is 37.8 Å². The lowest BCUT2D eigenvalue weighted by Crippen LogP contribution is -2.26. The van der Waals surface area contributed by atoms with E-state index in [1.165, 1.54) is 0 Å². The fourth-order valence-corrected chi connectivity index (χ4v) is 3.11. The fourth-order valence-electron chi connectivity index (χ4n) is 3.11. The fraction of sp³-hybridized carbons (Fsp3) is 0.280. The highest BCUT2D eigenvalue weighted by Gasteiger charge is 2.09. The van der Waals surface area contributed by atoms with Crippen LogP contribution in [0.2, 0.25) is 0 Å². The van der Waals surface area contributed by atoms with Crippen molar-refractivity contribution in [3.05, 3.63) is 67.0 Å². The Morgan fingerprint density at radius 1 is 0.882 bits per heavy atom. The van der Waals surface area contributed by atoms with Crippen molar-refractivity contribution in [1.29, 1.82) is 0 Å². The Balaban J connectivity index is 1.65. The molecule has 2 aromatic carbocycles. The zero-order valence-electron chi connectivity index (χ0n) is 19.6. The molecule has 9 nitrogen and oxygen atoms in total. The summed E-state index contributed by atoms with van der Waals surface area (Å²) < 4.78 is 10.4. The summed E-state index contributed by atoms with van der Waals surface area (Å²) in [6.45, 7) is 5.63. The Labute approximate surface area is 199 Å². The number of nitrogens with zero attached hydrogens (tertiary/aromatic N) is 6. The van der Waals surface area contributed by atoms with Crippen LogP contribution in [0.1, 0.15) is 20.3 Å². The van der Waals surface area contributed by atoms with Gasteiger partial charge in [-0.3, -0.25) is 9.78 Å². The van der Waals surface area contributed by atoms with Gasteiger partial charge in [-0.05, 0) is 62.4 Å². The molecular formula is C25H28N6O3. The predicted octanol–water partition coefficient (Wildman–Crippen LogP) is 6.70. The summed E-state index contributed by atoms with van der Waals surface area (Å²) in [7, 11) is 1.57. The van der Waals surface area contributed by atoms with Gasteiger partial charge in [0.15, 0.2) is 0 Å². The summed E-state index contributed by atoms with van der Waals surface area (Å²) in [5.41, 5.74) is 3.65. The molecule has 1 aromatic heterocycles. The molecule has 0 spiro atoms. The van der Waals surface area contributed by atoms with Crippen molar-refractivity contribution < 1.29 is 14.3 Å². The first kappa shape index (κ1) is 24.5. The van der Waals surface area contributed by atoms with Crippen LogP contribution in [0.3, 0.4) is 0 Å². The Kier molecular flexibility index (Phi) is 9.21. The van der Waals surface area contributed by atoms with E-state index in [1.54, 1.807) is 49.8 Å². The number of carbonyl (C=O) groups excluding carboxylic acids is 1. The Morgan fingerprint density at radius 2 is 1.53 bits per heavy atom. The molecule has 0 aliphatic rings. The average Bonchev–Trinajstić information content (AvgIpc) is 2.88. The van der Waals surface area contributed by atoms with Crippen molar-refractivity contribution in [3.8, 4) is 5.75 Å². The molecule has 0 N–H and O–H groups in total. The van der Waals surface area contributed by atoms with Gasteiger partial charge >= 0.3 is 5.97 Å². The second-order valence-corrected chi connectivity index (χ2v) is 7.11. The largest absolute Gasteiger partial charge is 0.494 e. The van der Waals surface area contributed by atoms with Gasteiger partial charge in [0.25, 0.3) is 0 Å². The summed E-state index contributed by atoms with van der Waals surface area (Å²) in [6, 6.07) is 16.6. The van der Waals surface area contributed by atoms with Crippen LogP contribution >= 0.6 is 0 Å². The Bertz CT molecular complexity index is 1120. The van der Waals surface area contributed by atoms with Crippen molar-refractivity contribution in [1.82, 2.24) is 4.98 Å². The minimum absolute atomic E-state index is 0.188. The van der Waals surface area contributed by atoms with E-state index in [-0.39, 0.29) is 5.97 Å². The quantitative estimate of drug-likeness (QED) is 0.234. The van der Waals surface area contributed by atoms with Crippen LogP contribution in [0.4, 0.5) is 28.4 Å². The van der Waals surface area contributed by atoms with Gasteiger partial charge in [-0.25, -0.2) is 0 Å². The van der Waals surface area contributed by atoms with E-state index in [2.05, 4.69) is 30.3 Å². The minimum atomic E-state index is -0.188. The number of azo groups is 2. The number of hydrogen-bond acceptors (Lipinski definition) is 9. The van der Waals surface area contributed by atoms with Crippen LogP contribution in [0.15, 0.2) is 87.4 Å². The van der Waals surface area contributed by atoms with Gasteiger partial charge in [0.1, 0.15) is 11.4 Å². The van der Waals surface area contributed by atoms with Crippen LogP contribution in [0.5, 0.6) is 5.75 Å². The summed E-state index contributed by atoms with van der Waals surface area (Å²) in [6.07, 6.45) is 3.67. The molecule has 0 radical (unpaired) electrons. The lowest BCUT2D eigenvalue weighted by atomic mass is 10.2. The molecule has 0 bridgehead atoms. The summed E-state index contributed by atoms with van der Waals surface area (Å²) in [5.74, 6) is 0.358. The smallest absolute Gasteiger partial charge is 0.307 e. The monoisotopic (exact) mass is 460 g/mol. The summed E-state index contributed by atoms with van der Waals surface area (Å²) >= 11 is 0. The maximum Gasteiger partial charge on any atom is 0.307 e. The molecular weight excluding hydrogens is 432 g/mol. The first-order chi connectivity index (χ1) is 16.6. The van der Waals surface area contributed by atoms with Gasteiger partial charge in [-0.15, -0.1) is 5.11 Å². The standard InChI is InChI=1S/C25H28N6O3/c1-4-31(17-14-25(32)34-5-2)22-9-6-19(7-10-22)27-29-21-8-11-23(24(18-21)33-3)30-28-20-12-15-26-16-13-20/h6-13,15-16,18H,4-5,14,17H2,1-3H3. The predicted molar refractivity (Wildman–Crippen MR) is 131 cm³/mol. The molecule has 9 heteroatoms. The van der Waals surface area contributed by atoms with Crippen molar-refractivity contribution in [2.75, 3.05) is 31.7 Å². The summed E-state index contributed by atoms with van der Waals surface area (Å²) in [5, 5.41) is 17.1. The number of methoxy groups -OCH3 is 1. The molecule has 3 aromatic rings. The van der Waals surface area contributed by atoms with Crippen LogP contribution in [0, 0.1) is 0 Å². The number of rotatable bonds is 11. The second-order valence-electron chi connectivity index (χ2n) is 7.11. The van der Waals surface area contributed by atoms with Gasteiger partial charge in [0, 0.05) is 37.2 Å². The molecule has 0 aliphatic carbocycles. The van der Waals surface area contributed by atoms with E-state index in [0.29, 0.717) is 48.1 Å². The van der Waals surface area contributed by atoms with Gasteiger partial charge < -0.3 is 14.4 Å². The van der Waals surface area contributed by atoms with Crippen LogP contribution in [-0.2, 0) is 9.53 Å². The maximum absolute atomic E-state index is 11.6. The highest BCUT2D eigenvalue weighted by atomic mass is 16.5. The van der Waals surface area contributed by atoms with E-state index in [4.69, 9.17) is 9.47 Å². The van der Waals surface area contributed by atoms with E-state index >= 15 is 0 Å². The second kappa shape index (κ2) is 12.8. The molecule has 34 heavy (non-hydrogen) atoms. The lowest BCUT2D eigenvalue weighted by molar-refractivity contribution is -0.142. The Hall–Kier alpha value is -4.14. The lowest BCUT2D eigenvalue weighted by Gasteiger charge is -2.22. The number of aromatic nitrogens is 1. The third-order valence-corrected chi connectivity index (χ3v) is 4.87. The van der Waals surface area contributed by atoms with Crippen LogP contribution in [0.25, 0.3) is 0 Å². The normalized spacial score (nSPS) is 11.1. The maximum atomic E-state index is 11.6. The highest BCUT2D eigenvalue weighted by molar-refractivity contribution is 5.70. The number of ether oxygens (including phenoxy) is 2. The molecule has 0 atom stereocenters. The van der Waals surface area contributed by atoms with Gasteiger partial charge in [-0.2, -0.15) is 15.3 Å². The highest BCUT2D eigenvalue weighted by Crippen LogP contribution is 2.33. The third-order valence-electron chi connectivity index (χ3n) is 4.87. The number of anilines is 1. The molecule has 0 saturated carbocycles. The number of pyridine rings is 1. The summed E-state index contributed by atoms with van der Waals surface area (Å²) in [4.78, 5) is 17.7. The first-order valence-electron chi connectivity index (χ1n) is 11.0. The first-order valence-corrected chi connectivity index (χ1v) is 11.0. The topological polar surface area (TPSA) is 101 Å². The van der Waals surface area contributed by atoms with Crippen molar-refractivity contribution in [2.45, 2.75) is 20.3 Å². The number of esters is 1. The van der Waals surface area contributed by atoms with Crippen LogP contribution < -0.4 is 9.64 Å². The van der Waals surface area contributed by atoms with Crippen molar-refractivity contribution in [3.63, 3.8) is 0 Å². The number of carbonyl (C=O) groups is 1. The number of benzene rings is 2. The average molecular weight is 461 g/mol. The zero-order chi connectivity index (χ0) is 24.2. The number of hydrogen-bond donors (Lipinski definition) is 0. The minimum Gasteiger partial charge on any atom is -0.494 e. The van der Waals surface area contributed by atoms with E-state index in [9.17, 15) is 4.79 Å². The SMILES string of the molecule is CCOC(=O)CCN(CC)c1ccc(N=Nc2ccc(N=Nc3ccncc3)c(OC)c2)cc1. The molecule has 0 fully saturated rings. The molecule has 0 unspecified atom stereocenters. The Morgan fingerprint density at radius 3 is 2.21 bits per heavy atom. The van der Waals surface area contributed by atoms with Gasteiger partial charge in [-0.1, -0.05) is 0 Å². The van der Waals surface area contributed by atoms with E-state index in [0.717, 1.165) is 12.2 Å². The van der Waals surface area contributed by atoms with Crippen molar-refractivity contribution in [2.24, 2.45) is 20.5 Å². The van der Waals surface area contributed by atoms with Gasteiger partial charge in [0.2, 0.25) is 0 Å². The third kappa shape index (κ3) is 7.19. The van der Waals surface area contributed by atoms with Crippen molar-refractivity contribution >= 4 is 34.4 Å². The van der Waals surface area contributed by atoms with Gasteiger partial charge in [0.05, 0.1) is 37.2 Å². The molecule has 0 amide bonds. The molecule has 0 saturated heterocycles. The van der Waals surface area contributed by atoms with E-state index in [1.807, 2.05) is 38.1 Å². The zero-order valence-corrected chi connectivity index (χ0v) is 19.6. The molecule has 1 heterocycles. The van der Waals surface area contributed by atoms with E-state index < -0.39 is 0 Å². The molecule has 3 rings (SSSR count). The molecule has 176 valence electrons. The molecule has 0 aliphatic heterocycles.